The SMILES string of the molecule is CC(C)c1c(C(=O)Nc2ccc(OCc3ccccc3)cc2)c(-c2ccccc2)c(-c2ccc(F)cc2)n1CC[C@H]1C[C@@H](CC(=O)OC(C)(C)C)OC(C)(C)O1. The molecule has 1 saturated heterocycles. The van der Waals surface area contributed by atoms with Gasteiger partial charge in [0.1, 0.15) is 23.8 Å². The largest absolute Gasteiger partial charge is 0.489 e. The van der Waals surface area contributed by atoms with Gasteiger partial charge in [-0.15, -0.1) is 0 Å². The summed E-state index contributed by atoms with van der Waals surface area (Å²) in [6, 6.07) is 33.6. The maximum Gasteiger partial charge on any atom is 0.308 e. The van der Waals surface area contributed by atoms with Crippen molar-refractivity contribution in [3.05, 3.63) is 132 Å². The monoisotopic (exact) mass is 760 g/mol. The van der Waals surface area contributed by atoms with Crippen molar-refractivity contribution >= 4 is 17.6 Å². The zero-order chi connectivity index (χ0) is 40.0. The first-order chi connectivity index (χ1) is 26.7. The van der Waals surface area contributed by atoms with Crippen molar-refractivity contribution in [2.75, 3.05) is 5.32 Å². The number of aromatic nitrogens is 1. The molecule has 0 radical (unpaired) electrons. The number of anilines is 1. The summed E-state index contributed by atoms with van der Waals surface area (Å²) in [4.78, 5) is 27.5. The number of hydrogen-bond donors (Lipinski definition) is 1. The molecule has 2 atom stereocenters. The smallest absolute Gasteiger partial charge is 0.308 e. The van der Waals surface area contributed by atoms with Gasteiger partial charge in [-0.2, -0.15) is 0 Å². The zero-order valence-electron chi connectivity index (χ0n) is 33.4. The van der Waals surface area contributed by atoms with E-state index in [1.165, 1.54) is 12.1 Å². The number of hydrogen-bond acceptors (Lipinski definition) is 6. The van der Waals surface area contributed by atoms with Crippen molar-refractivity contribution in [2.45, 2.75) is 110 Å². The van der Waals surface area contributed by atoms with Crippen LogP contribution in [0.25, 0.3) is 22.4 Å². The molecule has 294 valence electrons. The van der Waals surface area contributed by atoms with E-state index >= 15 is 0 Å². The highest BCUT2D eigenvalue weighted by Gasteiger charge is 2.38. The summed E-state index contributed by atoms with van der Waals surface area (Å²) in [6.07, 6.45) is 0.539. The third-order valence-corrected chi connectivity index (χ3v) is 9.53. The van der Waals surface area contributed by atoms with E-state index in [9.17, 15) is 14.0 Å². The van der Waals surface area contributed by atoms with Crippen LogP contribution in [-0.2, 0) is 32.2 Å². The van der Waals surface area contributed by atoms with Gasteiger partial charge in [-0.1, -0.05) is 74.5 Å². The molecule has 0 spiro atoms. The second-order valence-corrected chi connectivity index (χ2v) is 16.1. The van der Waals surface area contributed by atoms with E-state index < -0.39 is 11.4 Å². The van der Waals surface area contributed by atoms with Gasteiger partial charge >= 0.3 is 5.97 Å². The van der Waals surface area contributed by atoms with Crippen molar-refractivity contribution in [3.63, 3.8) is 0 Å². The van der Waals surface area contributed by atoms with Crippen molar-refractivity contribution < 1.29 is 32.9 Å². The Morgan fingerprint density at radius 2 is 1.48 bits per heavy atom. The molecule has 1 amide bonds. The predicted octanol–water partition coefficient (Wildman–Crippen LogP) is 10.9. The summed E-state index contributed by atoms with van der Waals surface area (Å²) < 4.78 is 40.8. The van der Waals surface area contributed by atoms with Crippen molar-refractivity contribution in [1.82, 2.24) is 4.57 Å². The van der Waals surface area contributed by atoms with Gasteiger partial charge in [0.05, 0.1) is 29.9 Å². The Hall–Kier alpha value is -5.25. The first-order valence-corrected chi connectivity index (χ1v) is 19.4. The Labute approximate surface area is 329 Å². The van der Waals surface area contributed by atoms with Crippen LogP contribution < -0.4 is 10.1 Å². The van der Waals surface area contributed by atoms with Crippen molar-refractivity contribution in [3.8, 4) is 28.1 Å². The van der Waals surface area contributed by atoms with Gasteiger partial charge in [-0.25, -0.2) is 4.39 Å². The third kappa shape index (κ3) is 10.3. The Balaban J connectivity index is 1.36. The van der Waals surface area contributed by atoms with Gasteiger partial charge in [0, 0.05) is 29.9 Å². The molecule has 1 aliphatic rings. The fourth-order valence-corrected chi connectivity index (χ4v) is 7.43. The number of esters is 1. The predicted molar refractivity (Wildman–Crippen MR) is 218 cm³/mol. The lowest BCUT2D eigenvalue weighted by Crippen LogP contribution is -2.46. The third-order valence-electron chi connectivity index (χ3n) is 9.53. The number of carbonyl (C=O) groups is 2. The fourth-order valence-electron chi connectivity index (χ4n) is 7.43. The van der Waals surface area contributed by atoms with Crippen LogP contribution in [-0.4, -0.2) is 40.0 Å². The quantitative estimate of drug-likeness (QED) is 0.120. The highest BCUT2D eigenvalue weighted by molar-refractivity contribution is 6.12. The Morgan fingerprint density at radius 1 is 0.857 bits per heavy atom. The molecule has 1 aliphatic heterocycles. The molecule has 4 aromatic carbocycles. The van der Waals surface area contributed by atoms with Crippen LogP contribution in [0.2, 0.25) is 0 Å². The number of carbonyl (C=O) groups excluding carboxylic acids is 2. The normalized spacial score (nSPS) is 16.7. The summed E-state index contributed by atoms with van der Waals surface area (Å²) >= 11 is 0. The molecule has 9 heteroatoms. The number of rotatable bonds is 13. The number of benzene rings is 4. The molecule has 1 aromatic heterocycles. The van der Waals surface area contributed by atoms with E-state index in [2.05, 4.69) is 23.7 Å². The van der Waals surface area contributed by atoms with E-state index in [1.54, 1.807) is 12.1 Å². The van der Waals surface area contributed by atoms with Gasteiger partial charge in [0.25, 0.3) is 5.91 Å². The van der Waals surface area contributed by atoms with Crippen LogP contribution >= 0.6 is 0 Å². The van der Waals surface area contributed by atoms with E-state index in [0.717, 1.165) is 33.6 Å². The van der Waals surface area contributed by atoms with Crippen LogP contribution in [0, 0.1) is 5.82 Å². The van der Waals surface area contributed by atoms with Gasteiger partial charge in [0.2, 0.25) is 0 Å². The summed E-state index contributed by atoms with van der Waals surface area (Å²) in [7, 11) is 0. The molecule has 0 aliphatic carbocycles. The lowest BCUT2D eigenvalue weighted by atomic mass is 9.94. The lowest BCUT2D eigenvalue weighted by molar-refractivity contribution is -0.301. The van der Waals surface area contributed by atoms with Crippen LogP contribution in [0.5, 0.6) is 5.75 Å². The Kier molecular flexibility index (Phi) is 12.5. The minimum atomic E-state index is -0.921. The first kappa shape index (κ1) is 40.4. The van der Waals surface area contributed by atoms with E-state index in [-0.39, 0.29) is 42.2 Å². The van der Waals surface area contributed by atoms with E-state index in [0.29, 0.717) is 43.0 Å². The molecule has 0 bridgehead atoms. The topological polar surface area (TPSA) is 88.0 Å². The maximum atomic E-state index is 14.7. The second-order valence-electron chi connectivity index (χ2n) is 16.1. The molecular weight excluding hydrogens is 708 g/mol. The molecule has 8 nitrogen and oxygen atoms in total. The van der Waals surface area contributed by atoms with Gasteiger partial charge in [-0.05, 0) is 112 Å². The maximum absolute atomic E-state index is 14.7. The number of nitrogens with one attached hydrogen (secondary N) is 1. The minimum Gasteiger partial charge on any atom is -0.489 e. The van der Waals surface area contributed by atoms with Crippen LogP contribution in [0.1, 0.15) is 95.3 Å². The molecular formula is C47H53FN2O6. The molecule has 1 fully saturated rings. The number of halogens is 1. The number of amides is 1. The van der Waals surface area contributed by atoms with Gasteiger partial charge < -0.3 is 28.8 Å². The van der Waals surface area contributed by atoms with Crippen LogP contribution in [0.15, 0.2) is 109 Å². The summed E-state index contributed by atoms with van der Waals surface area (Å²) in [6.45, 7) is 14.3. The summed E-state index contributed by atoms with van der Waals surface area (Å²) in [5.41, 5.74) is 5.70. The first-order valence-electron chi connectivity index (χ1n) is 19.4. The van der Waals surface area contributed by atoms with Gasteiger partial charge in [-0.3, -0.25) is 9.59 Å². The standard InChI is InChI=1S/C47H53FN2O6/c1-31(2)43-42(45(52)49-36-22-24-37(25-23-36)53-30-32-14-10-8-11-15-32)41(33-16-12-9-13-17-33)44(34-18-20-35(48)21-19-34)50(43)27-26-38-28-39(55-47(6,7)54-38)29-40(51)56-46(3,4)5/h8-25,31,38-39H,26-30H2,1-7H3,(H,49,52)/t38-,39-/m0/s1. The number of ether oxygens (including phenoxy) is 4. The van der Waals surface area contributed by atoms with Crippen molar-refractivity contribution in [1.29, 1.82) is 0 Å². The Morgan fingerprint density at radius 3 is 2.11 bits per heavy atom. The average Bonchev–Trinajstić information content (AvgIpc) is 3.49. The fraction of sp³-hybridized carbons (Fsp3) is 0.362. The Bertz CT molecular complexity index is 2090. The molecule has 0 unspecified atom stereocenters. The molecule has 56 heavy (non-hydrogen) atoms. The van der Waals surface area contributed by atoms with Gasteiger partial charge in [0.15, 0.2) is 5.79 Å². The highest BCUT2D eigenvalue weighted by Crippen LogP contribution is 2.43. The molecule has 2 heterocycles. The molecule has 0 saturated carbocycles. The van der Waals surface area contributed by atoms with E-state index in [1.807, 2.05) is 120 Å². The highest BCUT2D eigenvalue weighted by atomic mass is 19.1. The van der Waals surface area contributed by atoms with Crippen LogP contribution in [0.3, 0.4) is 0 Å². The number of nitrogens with zero attached hydrogens (tertiary/aromatic N) is 1. The molecule has 1 N–H and O–H groups in total. The average molecular weight is 761 g/mol. The zero-order valence-corrected chi connectivity index (χ0v) is 33.4. The molecule has 5 aromatic rings. The second kappa shape index (κ2) is 17.3. The van der Waals surface area contributed by atoms with E-state index in [4.69, 9.17) is 18.9 Å². The van der Waals surface area contributed by atoms with Crippen LogP contribution in [0.4, 0.5) is 10.1 Å². The summed E-state index contributed by atoms with van der Waals surface area (Å²) in [5.74, 6) is -1.23. The van der Waals surface area contributed by atoms with Crippen molar-refractivity contribution in [2.24, 2.45) is 0 Å². The lowest BCUT2D eigenvalue weighted by Gasteiger charge is -2.41. The summed E-state index contributed by atoms with van der Waals surface area (Å²) in [5, 5.41) is 3.17. The minimum absolute atomic E-state index is 0.0758. The molecule has 6 rings (SSSR count).